The molecule has 3 rings (SSSR count). The molecule has 0 radical (unpaired) electrons. The molecule has 0 amide bonds. The number of thiazole rings is 1. The number of benzene rings is 1. The first-order valence-electron chi connectivity index (χ1n) is 8.45. The highest BCUT2D eigenvalue weighted by molar-refractivity contribution is 7.89. The molecule has 0 aliphatic carbocycles. The summed E-state index contributed by atoms with van der Waals surface area (Å²) >= 11 is 13.2. The SMILES string of the molecule is Cc1ncc(CCC(=O)c2cnc(CNS(=O)(=O)c3ccc(Cl)c(Cl)c3)cn2)s1. The molecule has 7 nitrogen and oxygen atoms in total. The number of nitrogens with one attached hydrogen (secondary N) is 1. The maximum atomic E-state index is 12.3. The van der Waals surface area contributed by atoms with Gasteiger partial charge in [0, 0.05) is 17.5 Å². The molecule has 0 spiro atoms. The number of halogens is 2. The Kier molecular flexibility index (Phi) is 6.97. The van der Waals surface area contributed by atoms with Gasteiger partial charge in [-0.3, -0.25) is 9.78 Å². The van der Waals surface area contributed by atoms with E-state index in [1.54, 1.807) is 17.5 Å². The number of hydrogen-bond acceptors (Lipinski definition) is 7. The van der Waals surface area contributed by atoms with Crippen molar-refractivity contribution in [3.63, 3.8) is 0 Å². The summed E-state index contributed by atoms with van der Waals surface area (Å²) in [6.07, 6.45) is 5.39. The summed E-state index contributed by atoms with van der Waals surface area (Å²) in [5.74, 6) is -0.133. The molecule has 11 heteroatoms. The van der Waals surface area contributed by atoms with Crippen LogP contribution in [0, 0.1) is 6.92 Å². The van der Waals surface area contributed by atoms with Crippen LogP contribution in [0.15, 0.2) is 41.7 Å². The Hall–Kier alpha value is -1.91. The van der Waals surface area contributed by atoms with Crippen LogP contribution in [-0.2, 0) is 23.0 Å². The first-order valence-corrected chi connectivity index (χ1v) is 11.5. The van der Waals surface area contributed by atoms with E-state index < -0.39 is 10.0 Å². The van der Waals surface area contributed by atoms with Crippen LogP contribution in [0.1, 0.15) is 32.5 Å². The predicted molar refractivity (Wildman–Crippen MR) is 112 cm³/mol. The minimum atomic E-state index is -3.79. The summed E-state index contributed by atoms with van der Waals surface area (Å²) < 4.78 is 27.1. The molecule has 1 aromatic carbocycles. The summed E-state index contributed by atoms with van der Waals surface area (Å²) in [4.78, 5) is 25.7. The highest BCUT2D eigenvalue weighted by atomic mass is 35.5. The molecular formula is C18H16Cl2N4O3S2. The number of ketones is 1. The third-order valence-corrected chi connectivity index (χ3v) is 7.01. The molecule has 0 aliphatic heterocycles. The normalized spacial score (nSPS) is 11.6. The van der Waals surface area contributed by atoms with Crippen molar-refractivity contribution in [3.05, 3.63) is 68.1 Å². The minimum Gasteiger partial charge on any atom is -0.292 e. The van der Waals surface area contributed by atoms with Gasteiger partial charge < -0.3 is 0 Å². The Morgan fingerprint density at radius 3 is 2.52 bits per heavy atom. The van der Waals surface area contributed by atoms with Gasteiger partial charge in [-0.15, -0.1) is 11.3 Å². The third kappa shape index (κ3) is 5.80. The van der Waals surface area contributed by atoms with Gasteiger partial charge in [0.15, 0.2) is 5.78 Å². The largest absolute Gasteiger partial charge is 0.292 e. The Morgan fingerprint density at radius 1 is 1.10 bits per heavy atom. The summed E-state index contributed by atoms with van der Waals surface area (Å²) in [5.41, 5.74) is 0.616. The highest BCUT2D eigenvalue weighted by Crippen LogP contribution is 2.24. The Bertz CT molecular complexity index is 1130. The topological polar surface area (TPSA) is 102 Å². The highest BCUT2D eigenvalue weighted by Gasteiger charge is 2.16. The van der Waals surface area contributed by atoms with Crippen LogP contribution >= 0.6 is 34.5 Å². The molecule has 0 atom stereocenters. The molecule has 0 unspecified atom stereocenters. The zero-order chi connectivity index (χ0) is 21.0. The monoisotopic (exact) mass is 470 g/mol. The molecule has 2 aromatic heterocycles. The quantitative estimate of drug-likeness (QED) is 0.501. The minimum absolute atomic E-state index is 0.00930. The van der Waals surface area contributed by atoms with Crippen molar-refractivity contribution in [1.82, 2.24) is 19.7 Å². The number of rotatable bonds is 8. The van der Waals surface area contributed by atoms with Crippen LogP contribution in [-0.4, -0.2) is 29.2 Å². The van der Waals surface area contributed by atoms with E-state index in [2.05, 4.69) is 19.7 Å². The van der Waals surface area contributed by atoms with Gasteiger partial charge in [-0.05, 0) is 31.5 Å². The number of sulfonamides is 1. The van der Waals surface area contributed by atoms with Crippen LogP contribution < -0.4 is 4.72 Å². The second kappa shape index (κ2) is 9.27. The fourth-order valence-corrected chi connectivity index (χ4v) is 4.55. The van der Waals surface area contributed by atoms with Gasteiger partial charge >= 0.3 is 0 Å². The Labute approximate surface area is 182 Å². The van der Waals surface area contributed by atoms with Crippen LogP contribution in [0.3, 0.4) is 0 Å². The Balaban J connectivity index is 1.58. The zero-order valence-corrected chi connectivity index (χ0v) is 18.4. The van der Waals surface area contributed by atoms with E-state index in [9.17, 15) is 13.2 Å². The van der Waals surface area contributed by atoms with Crippen molar-refractivity contribution in [2.24, 2.45) is 0 Å². The Morgan fingerprint density at radius 2 is 1.90 bits per heavy atom. The van der Waals surface area contributed by atoms with Crippen molar-refractivity contribution in [2.75, 3.05) is 0 Å². The van der Waals surface area contributed by atoms with E-state index in [0.717, 1.165) is 9.88 Å². The number of carbonyl (C=O) groups excluding carboxylic acids is 1. The average Bonchev–Trinajstić information content (AvgIpc) is 3.12. The summed E-state index contributed by atoms with van der Waals surface area (Å²) in [5, 5.41) is 1.37. The van der Waals surface area contributed by atoms with Crippen molar-refractivity contribution in [1.29, 1.82) is 0 Å². The van der Waals surface area contributed by atoms with Crippen molar-refractivity contribution < 1.29 is 13.2 Å². The van der Waals surface area contributed by atoms with E-state index in [0.29, 0.717) is 18.5 Å². The van der Waals surface area contributed by atoms with E-state index >= 15 is 0 Å². The van der Waals surface area contributed by atoms with Gasteiger partial charge in [0.25, 0.3) is 0 Å². The maximum Gasteiger partial charge on any atom is 0.240 e. The van der Waals surface area contributed by atoms with Gasteiger partial charge in [0.2, 0.25) is 10.0 Å². The average molecular weight is 471 g/mol. The number of carbonyl (C=O) groups is 1. The number of Topliss-reactive ketones (excluding diaryl/α,β-unsaturated/α-hetero) is 1. The van der Waals surface area contributed by atoms with Gasteiger partial charge in [-0.25, -0.2) is 23.1 Å². The van der Waals surface area contributed by atoms with E-state index in [4.69, 9.17) is 23.2 Å². The molecule has 0 saturated carbocycles. The summed E-state index contributed by atoms with van der Waals surface area (Å²) in [7, 11) is -3.79. The first kappa shape index (κ1) is 21.8. The lowest BCUT2D eigenvalue weighted by Gasteiger charge is -2.07. The number of nitrogens with zero attached hydrogens (tertiary/aromatic N) is 3. The predicted octanol–water partition coefficient (Wildman–Crippen LogP) is 3.84. The molecule has 152 valence electrons. The summed E-state index contributed by atoms with van der Waals surface area (Å²) in [6.45, 7) is 1.83. The number of hydrogen-bond donors (Lipinski definition) is 1. The molecule has 3 aromatic rings. The van der Waals surface area contributed by atoms with Crippen molar-refractivity contribution in [3.8, 4) is 0 Å². The summed E-state index contributed by atoms with van der Waals surface area (Å²) in [6, 6.07) is 4.03. The molecule has 29 heavy (non-hydrogen) atoms. The maximum absolute atomic E-state index is 12.3. The van der Waals surface area contributed by atoms with Gasteiger partial charge in [0.1, 0.15) is 5.69 Å². The molecule has 2 heterocycles. The van der Waals surface area contributed by atoms with E-state index in [-0.39, 0.29) is 33.0 Å². The lowest BCUT2D eigenvalue weighted by Crippen LogP contribution is -2.24. The standard InChI is InChI=1S/C18H16Cl2N4O3S2/c1-11-21-9-13(28-11)2-5-18(25)17-10-22-12(7-23-17)8-24-29(26,27)14-3-4-15(19)16(20)6-14/h3-4,6-7,9-10,24H,2,5,8H2,1H3. The van der Waals surface area contributed by atoms with E-state index in [1.165, 1.54) is 30.6 Å². The van der Waals surface area contributed by atoms with Crippen LogP contribution in [0.5, 0.6) is 0 Å². The fraction of sp³-hybridized carbons (Fsp3) is 0.222. The van der Waals surface area contributed by atoms with Crippen LogP contribution in [0.25, 0.3) is 0 Å². The smallest absolute Gasteiger partial charge is 0.240 e. The fourth-order valence-electron chi connectivity index (χ4n) is 2.37. The van der Waals surface area contributed by atoms with Gasteiger partial charge in [-0.2, -0.15) is 0 Å². The molecule has 0 saturated heterocycles. The first-order chi connectivity index (χ1) is 13.7. The van der Waals surface area contributed by atoms with E-state index in [1.807, 2.05) is 6.92 Å². The van der Waals surface area contributed by atoms with Gasteiger partial charge in [-0.1, -0.05) is 23.2 Å². The lowest BCUT2D eigenvalue weighted by molar-refractivity contribution is 0.0978. The molecular weight excluding hydrogens is 455 g/mol. The molecule has 1 N–H and O–H groups in total. The number of aromatic nitrogens is 3. The zero-order valence-electron chi connectivity index (χ0n) is 15.2. The van der Waals surface area contributed by atoms with Crippen molar-refractivity contribution >= 4 is 50.3 Å². The molecule has 0 fully saturated rings. The van der Waals surface area contributed by atoms with Gasteiger partial charge in [0.05, 0.1) is 44.6 Å². The third-order valence-electron chi connectivity index (χ3n) is 3.90. The lowest BCUT2D eigenvalue weighted by atomic mass is 10.1. The van der Waals surface area contributed by atoms with Crippen LogP contribution in [0.4, 0.5) is 0 Å². The van der Waals surface area contributed by atoms with Crippen molar-refractivity contribution in [2.45, 2.75) is 31.2 Å². The number of aryl methyl sites for hydroxylation is 2. The molecule has 0 bridgehead atoms. The second-order valence-corrected chi connectivity index (χ2v) is 9.96. The second-order valence-electron chi connectivity index (χ2n) is 6.06. The van der Waals surface area contributed by atoms with Crippen LogP contribution in [0.2, 0.25) is 10.0 Å². The molecule has 0 aliphatic rings.